The van der Waals surface area contributed by atoms with Crippen LogP contribution in [0.15, 0.2) is 31.0 Å². The Morgan fingerprint density at radius 2 is 2.17 bits per heavy atom. The van der Waals surface area contributed by atoms with Gasteiger partial charge >= 0.3 is 0 Å². The van der Waals surface area contributed by atoms with Gasteiger partial charge in [0, 0.05) is 6.20 Å². The molecular weight excluding hydrogens is 254 g/mol. The van der Waals surface area contributed by atoms with Gasteiger partial charge in [-0.2, -0.15) is 5.10 Å². The highest BCUT2D eigenvalue weighted by atomic mass is 32.2. The fourth-order valence-electron chi connectivity index (χ4n) is 1.25. The van der Waals surface area contributed by atoms with E-state index in [2.05, 4.69) is 19.8 Å². The first-order chi connectivity index (χ1) is 8.50. The van der Waals surface area contributed by atoms with Crippen LogP contribution in [0.4, 0.5) is 5.69 Å². The van der Waals surface area contributed by atoms with Crippen molar-refractivity contribution in [3.05, 3.63) is 31.0 Å². The average Bonchev–Trinajstić information content (AvgIpc) is 2.82. The van der Waals surface area contributed by atoms with Gasteiger partial charge in [0.15, 0.2) is 5.82 Å². The van der Waals surface area contributed by atoms with Gasteiger partial charge in [-0.05, 0) is 26.0 Å². The summed E-state index contributed by atoms with van der Waals surface area (Å²) in [7, 11) is -3.42. The topological polar surface area (TPSA) is 89.8 Å². The Morgan fingerprint density at radius 1 is 1.39 bits per heavy atom. The molecule has 0 saturated heterocycles. The number of nitrogens with one attached hydrogen (secondary N) is 1. The number of nitrogens with zero attached hydrogens (tertiary/aromatic N) is 4. The fourth-order valence-corrected chi connectivity index (χ4v) is 1.95. The fraction of sp³-hybridized carbons (Fsp3) is 0.300. The maximum Gasteiger partial charge on any atom is 0.235 e. The molecule has 7 nitrogen and oxygen atoms in total. The lowest BCUT2D eigenvalue weighted by molar-refractivity contribution is 0.592. The molecule has 18 heavy (non-hydrogen) atoms. The quantitative estimate of drug-likeness (QED) is 0.885. The van der Waals surface area contributed by atoms with Crippen LogP contribution in [-0.2, 0) is 10.0 Å². The molecule has 0 spiro atoms. The van der Waals surface area contributed by atoms with E-state index in [9.17, 15) is 8.42 Å². The van der Waals surface area contributed by atoms with Crippen LogP contribution >= 0.6 is 0 Å². The third-order valence-corrected chi connectivity index (χ3v) is 4.04. The molecule has 0 aliphatic heterocycles. The number of rotatable bonds is 4. The van der Waals surface area contributed by atoms with Crippen molar-refractivity contribution in [1.82, 2.24) is 19.7 Å². The Kier molecular flexibility index (Phi) is 3.28. The Bertz CT molecular complexity index is 621. The predicted molar refractivity (Wildman–Crippen MR) is 66.8 cm³/mol. The van der Waals surface area contributed by atoms with Crippen molar-refractivity contribution in [2.24, 2.45) is 0 Å². The summed E-state index contributed by atoms with van der Waals surface area (Å²) >= 11 is 0. The van der Waals surface area contributed by atoms with Crippen molar-refractivity contribution in [3.63, 3.8) is 0 Å². The first-order valence-electron chi connectivity index (χ1n) is 5.32. The summed E-state index contributed by atoms with van der Waals surface area (Å²) in [4.78, 5) is 7.90. The van der Waals surface area contributed by atoms with E-state index in [1.165, 1.54) is 17.3 Å². The largest absolute Gasteiger partial charge is 0.279 e. The van der Waals surface area contributed by atoms with Crippen LogP contribution in [0, 0.1) is 0 Å². The van der Waals surface area contributed by atoms with Gasteiger partial charge in [-0.1, -0.05) is 0 Å². The Hall–Kier alpha value is -1.96. The van der Waals surface area contributed by atoms with Crippen molar-refractivity contribution in [1.29, 1.82) is 0 Å². The molecule has 0 saturated carbocycles. The monoisotopic (exact) mass is 267 g/mol. The van der Waals surface area contributed by atoms with Crippen LogP contribution in [0.3, 0.4) is 0 Å². The minimum atomic E-state index is -3.42. The van der Waals surface area contributed by atoms with Gasteiger partial charge in [0.25, 0.3) is 0 Å². The molecule has 0 atom stereocenters. The zero-order valence-electron chi connectivity index (χ0n) is 9.98. The minimum Gasteiger partial charge on any atom is -0.279 e. The molecule has 0 unspecified atom stereocenters. The van der Waals surface area contributed by atoms with Gasteiger partial charge < -0.3 is 0 Å². The van der Waals surface area contributed by atoms with Gasteiger partial charge in [0.1, 0.15) is 12.7 Å². The molecule has 0 fully saturated rings. The molecule has 1 N–H and O–H groups in total. The normalized spacial score (nSPS) is 11.7. The third kappa shape index (κ3) is 2.48. The first-order valence-corrected chi connectivity index (χ1v) is 6.87. The lowest BCUT2D eigenvalue weighted by Gasteiger charge is -2.13. The highest BCUT2D eigenvalue weighted by Crippen LogP contribution is 2.18. The highest BCUT2D eigenvalue weighted by Gasteiger charge is 2.18. The molecule has 2 heterocycles. The van der Waals surface area contributed by atoms with E-state index in [1.807, 2.05) is 0 Å². The predicted octanol–water partition coefficient (Wildman–Crippen LogP) is 0.812. The Labute approximate surface area is 105 Å². The molecule has 2 rings (SSSR count). The second-order valence-electron chi connectivity index (χ2n) is 3.91. The molecule has 96 valence electrons. The maximum atomic E-state index is 11.8. The second kappa shape index (κ2) is 4.73. The number of pyridine rings is 1. The van der Waals surface area contributed by atoms with E-state index >= 15 is 0 Å². The molecule has 0 radical (unpaired) electrons. The van der Waals surface area contributed by atoms with E-state index in [4.69, 9.17) is 0 Å². The zero-order chi connectivity index (χ0) is 13.2. The summed E-state index contributed by atoms with van der Waals surface area (Å²) in [6.07, 6.45) is 4.37. The highest BCUT2D eigenvalue weighted by molar-refractivity contribution is 7.93. The number of sulfonamides is 1. The average molecular weight is 267 g/mol. The molecule has 8 heteroatoms. The Balaban J connectivity index is 2.41. The summed E-state index contributed by atoms with van der Waals surface area (Å²) in [5.41, 5.74) is 0.372. The molecule has 0 aliphatic carbocycles. The van der Waals surface area contributed by atoms with Crippen LogP contribution < -0.4 is 4.72 Å². The van der Waals surface area contributed by atoms with Crippen molar-refractivity contribution >= 4 is 15.7 Å². The van der Waals surface area contributed by atoms with Gasteiger partial charge in [0.05, 0.1) is 10.9 Å². The van der Waals surface area contributed by atoms with Gasteiger partial charge in [-0.3, -0.25) is 4.72 Å². The van der Waals surface area contributed by atoms with Crippen molar-refractivity contribution in [2.75, 3.05) is 4.72 Å². The van der Waals surface area contributed by atoms with Gasteiger partial charge in [-0.25, -0.2) is 23.1 Å². The first kappa shape index (κ1) is 12.5. The van der Waals surface area contributed by atoms with Crippen molar-refractivity contribution < 1.29 is 8.42 Å². The summed E-state index contributed by atoms with van der Waals surface area (Å²) in [5.74, 6) is 0.388. The minimum absolute atomic E-state index is 0.372. The van der Waals surface area contributed by atoms with Crippen molar-refractivity contribution in [3.8, 4) is 5.82 Å². The van der Waals surface area contributed by atoms with Gasteiger partial charge in [0.2, 0.25) is 10.0 Å². The molecule has 2 aromatic rings. The van der Waals surface area contributed by atoms with E-state index in [0.29, 0.717) is 11.5 Å². The van der Waals surface area contributed by atoms with E-state index < -0.39 is 15.3 Å². The number of hydrogen-bond donors (Lipinski definition) is 1. The van der Waals surface area contributed by atoms with E-state index in [-0.39, 0.29) is 0 Å². The van der Waals surface area contributed by atoms with Crippen LogP contribution in [0.5, 0.6) is 0 Å². The number of hydrogen-bond acceptors (Lipinski definition) is 5. The maximum absolute atomic E-state index is 11.8. The number of aromatic nitrogens is 4. The molecular formula is C10H13N5O2S. The molecule has 0 aromatic carbocycles. The lowest BCUT2D eigenvalue weighted by Crippen LogP contribution is -2.23. The van der Waals surface area contributed by atoms with E-state index in [0.717, 1.165) is 0 Å². The third-order valence-electron chi connectivity index (χ3n) is 2.30. The molecule has 0 aliphatic rings. The van der Waals surface area contributed by atoms with Gasteiger partial charge in [-0.15, -0.1) is 0 Å². The zero-order valence-corrected chi connectivity index (χ0v) is 10.8. The van der Waals surface area contributed by atoms with Crippen LogP contribution in [0.25, 0.3) is 5.82 Å². The van der Waals surface area contributed by atoms with E-state index in [1.54, 1.807) is 32.2 Å². The standard InChI is InChI=1S/C10H13N5O2S/c1-8(2)18(16,17)14-9-4-3-5-12-10(9)15-7-11-6-13-15/h3-8,14H,1-2H3. The Morgan fingerprint density at radius 3 is 2.78 bits per heavy atom. The molecule has 2 aromatic heterocycles. The smallest absolute Gasteiger partial charge is 0.235 e. The summed E-state index contributed by atoms with van der Waals surface area (Å²) in [6.45, 7) is 3.21. The summed E-state index contributed by atoms with van der Waals surface area (Å²) < 4.78 is 27.6. The SMILES string of the molecule is CC(C)S(=O)(=O)Nc1cccnc1-n1cncn1. The van der Waals surface area contributed by atoms with Crippen LogP contribution in [0.1, 0.15) is 13.8 Å². The molecule has 0 amide bonds. The van der Waals surface area contributed by atoms with Crippen LogP contribution in [-0.4, -0.2) is 33.4 Å². The lowest BCUT2D eigenvalue weighted by atomic mass is 10.4. The molecule has 0 bridgehead atoms. The summed E-state index contributed by atoms with van der Waals surface area (Å²) in [6, 6.07) is 3.28. The second-order valence-corrected chi connectivity index (χ2v) is 6.15. The summed E-state index contributed by atoms with van der Waals surface area (Å²) in [5, 5.41) is 3.40. The van der Waals surface area contributed by atoms with Crippen molar-refractivity contribution in [2.45, 2.75) is 19.1 Å². The van der Waals surface area contributed by atoms with Crippen LogP contribution in [0.2, 0.25) is 0 Å². The number of anilines is 1.